The van der Waals surface area contributed by atoms with Crippen LogP contribution in [0.5, 0.6) is 0 Å². The summed E-state index contributed by atoms with van der Waals surface area (Å²) in [6.07, 6.45) is 0. The highest BCUT2D eigenvalue weighted by molar-refractivity contribution is 7.20. The Morgan fingerprint density at radius 3 is 1.26 bits per heavy atom. The van der Waals surface area contributed by atoms with Crippen LogP contribution in [0.15, 0.2) is 273 Å². The van der Waals surface area contributed by atoms with Crippen LogP contribution in [-0.2, 0) is 0 Å². The van der Waals surface area contributed by atoms with Gasteiger partial charge in [0.05, 0.1) is 44.5 Å². The summed E-state index contributed by atoms with van der Waals surface area (Å²) in [5.74, 6) is 0. The first-order valence-electron chi connectivity index (χ1n) is 24.2. The maximum absolute atomic E-state index is 3.07. The Bertz CT molecular complexity index is 4130. The molecule has 0 bridgehead atoms. The maximum Gasteiger partial charge on any atom is 0.181 e. The van der Waals surface area contributed by atoms with E-state index < -0.39 is 8.07 Å². The third-order valence-corrected chi connectivity index (χ3v) is 19.6. The van der Waals surface area contributed by atoms with Crippen LogP contribution in [0.25, 0.3) is 93.6 Å². The molecule has 14 rings (SSSR count). The minimum atomic E-state index is -3.07. The van der Waals surface area contributed by atoms with E-state index in [9.17, 15) is 0 Å². The van der Waals surface area contributed by atoms with Crippen molar-refractivity contribution in [2.24, 2.45) is 0 Å². The number of rotatable bonds is 8. The van der Waals surface area contributed by atoms with Crippen molar-refractivity contribution >= 4 is 94.2 Å². The van der Waals surface area contributed by atoms with E-state index >= 15 is 0 Å². The van der Waals surface area contributed by atoms with Gasteiger partial charge in [-0.2, -0.15) is 0 Å². The fraction of sp³-hybridized carbons (Fsp3) is 0. The summed E-state index contributed by atoms with van der Waals surface area (Å²) in [4.78, 5) is 0. The van der Waals surface area contributed by atoms with E-state index in [0.29, 0.717) is 0 Å². The number of hydrogen-bond donors (Lipinski definition) is 0. The lowest BCUT2D eigenvalue weighted by molar-refractivity contribution is 1.13. The number of fused-ring (bicyclic) bond motifs is 9. The second-order valence-electron chi connectivity index (χ2n) is 18.4. The monoisotopic (exact) mass is 907 g/mol. The van der Waals surface area contributed by atoms with Crippen molar-refractivity contribution in [3.05, 3.63) is 273 Å². The molecule has 3 heterocycles. The molecule has 0 aliphatic heterocycles. The number of nitrogens with zero attached hydrogens (tertiary/aromatic N) is 3. The molecule has 0 N–H and O–H groups in total. The summed E-state index contributed by atoms with van der Waals surface area (Å²) >= 11 is 0. The fourth-order valence-electron chi connectivity index (χ4n) is 11.9. The van der Waals surface area contributed by atoms with Crippen LogP contribution in [0.4, 0.5) is 0 Å². The van der Waals surface area contributed by atoms with Gasteiger partial charge in [0, 0.05) is 43.6 Å². The van der Waals surface area contributed by atoms with Crippen LogP contribution in [-0.4, -0.2) is 21.8 Å². The molecule has 0 unspecified atom stereocenters. The quantitative estimate of drug-likeness (QED) is 0.107. The van der Waals surface area contributed by atoms with E-state index in [1.54, 1.807) is 0 Å². The van der Waals surface area contributed by atoms with Crippen LogP contribution in [0, 0.1) is 0 Å². The zero-order chi connectivity index (χ0) is 46.2. The van der Waals surface area contributed by atoms with Gasteiger partial charge in [-0.15, -0.1) is 0 Å². The second kappa shape index (κ2) is 16.1. The van der Waals surface area contributed by atoms with Gasteiger partial charge >= 0.3 is 0 Å². The van der Waals surface area contributed by atoms with Crippen LogP contribution >= 0.6 is 0 Å². The number of benzene rings is 11. The van der Waals surface area contributed by atoms with E-state index in [1.807, 2.05) is 0 Å². The lowest BCUT2D eigenvalue weighted by Crippen LogP contribution is -2.75. The van der Waals surface area contributed by atoms with Crippen molar-refractivity contribution in [3.63, 3.8) is 0 Å². The summed E-state index contributed by atoms with van der Waals surface area (Å²) in [6, 6.07) is 102. The van der Waals surface area contributed by atoms with Gasteiger partial charge in [0.25, 0.3) is 0 Å². The van der Waals surface area contributed by atoms with Gasteiger partial charge in [-0.05, 0) is 74.8 Å². The second-order valence-corrected chi connectivity index (χ2v) is 22.1. The molecule has 0 radical (unpaired) electrons. The van der Waals surface area contributed by atoms with Gasteiger partial charge in [0.1, 0.15) is 0 Å². The molecular formula is C66H45N3Si. The Hall–Kier alpha value is -8.96. The van der Waals surface area contributed by atoms with Crippen molar-refractivity contribution in [2.45, 2.75) is 0 Å². The Balaban J connectivity index is 1.16. The average molecular weight is 908 g/mol. The predicted molar refractivity (Wildman–Crippen MR) is 299 cm³/mol. The van der Waals surface area contributed by atoms with Gasteiger partial charge in [-0.25, -0.2) is 0 Å². The maximum atomic E-state index is 2.64. The molecule has 14 aromatic rings. The Morgan fingerprint density at radius 1 is 0.257 bits per heavy atom. The summed E-state index contributed by atoms with van der Waals surface area (Å²) < 4.78 is 7.61. The first-order valence-corrected chi connectivity index (χ1v) is 26.2. The van der Waals surface area contributed by atoms with Crippen molar-refractivity contribution in [1.29, 1.82) is 0 Å². The van der Waals surface area contributed by atoms with Gasteiger partial charge in [0.15, 0.2) is 8.07 Å². The smallest absolute Gasteiger partial charge is 0.181 e. The molecule has 3 nitrogen and oxygen atoms in total. The van der Waals surface area contributed by atoms with E-state index in [1.165, 1.54) is 97.3 Å². The fourth-order valence-corrected chi connectivity index (χ4v) is 16.9. The third-order valence-electron chi connectivity index (χ3n) is 14.8. The molecule has 4 heteroatoms. The zero-order valence-corrected chi connectivity index (χ0v) is 39.3. The largest absolute Gasteiger partial charge is 0.309 e. The first kappa shape index (κ1) is 40.1. The van der Waals surface area contributed by atoms with Crippen molar-refractivity contribution in [1.82, 2.24) is 13.7 Å². The van der Waals surface area contributed by atoms with E-state index in [4.69, 9.17) is 0 Å². The molecule has 0 saturated heterocycles. The topological polar surface area (TPSA) is 14.8 Å². The van der Waals surface area contributed by atoms with Gasteiger partial charge in [-0.1, -0.05) is 224 Å². The van der Waals surface area contributed by atoms with Crippen LogP contribution < -0.4 is 20.7 Å². The number of hydrogen-bond acceptors (Lipinski definition) is 0. The minimum Gasteiger partial charge on any atom is -0.309 e. The van der Waals surface area contributed by atoms with Gasteiger partial charge < -0.3 is 13.7 Å². The molecule has 0 fully saturated rings. The lowest BCUT2D eigenvalue weighted by atomic mass is 10.0. The molecule has 328 valence electrons. The Morgan fingerprint density at radius 2 is 0.671 bits per heavy atom. The van der Waals surface area contributed by atoms with Crippen LogP contribution in [0.1, 0.15) is 0 Å². The van der Waals surface area contributed by atoms with E-state index in [-0.39, 0.29) is 0 Å². The van der Waals surface area contributed by atoms with Gasteiger partial charge in [-0.3, -0.25) is 0 Å². The molecule has 0 aliphatic carbocycles. The van der Waals surface area contributed by atoms with Crippen molar-refractivity contribution in [3.8, 4) is 28.2 Å². The minimum absolute atomic E-state index is 1.12. The third kappa shape index (κ3) is 5.87. The molecule has 11 aromatic carbocycles. The molecule has 0 saturated carbocycles. The van der Waals surface area contributed by atoms with Crippen LogP contribution in [0.3, 0.4) is 0 Å². The number of para-hydroxylation sites is 6. The predicted octanol–water partition coefficient (Wildman–Crippen LogP) is 14.0. The Kier molecular flexibility index (Phi) is 9.23. The summed E-state index contributed by atoms with van der Waals surface area (Å²) in [7, 11) is -3.07. The Labute approximate surface area is 407 Å². The lowest BCUT2D eigenvalue weighted by Gasteiger charge is -2.35. The SMILES string of the molecule is c1ccc(-c2ccccc2-n2c3ccccc3c3cc(-n4c5c(-n6c7ccccc7c7ccccc76)cccc5c5cccc([Si](c6ccccc6)(c6ccccc6)c6ccccc6)c54)ccc32)cc1. The highest BCUT2D eigenvalue weighted by atomic mass is 28.3. The highest BCUT2D eigenvalue weighted by Gasteiger charge is 2.43. The van der Waals surface area contributed by atoms with Crippen molar-refractivity contribution < 1.29 is 0 Å². The average Bonchev–Trinajstić information content (AvgIpc) is 4.08. The number of aromatic nitrogens is 3. The van der Waals surface area contributed by atoms with Gasteiger partial charge in [0.2, 0.25) is 0 Å². The standard InChI is InChI=1S/C66H45N3Si/c1-5-23-46(24-6-1)51-31-13-17-37-58(51)68-61-40-20-16-34-54(61)57-45-47(43-44-62(57)68)67-65-55(35-21-41-63(65)69-59-38-18-14-32-52(59)53-33-15-19-39-60(53)69)56-36-22-42-64(66(56)67)70(48-25-7-2-8-26-48,49-27-9-3-10-28-49)50-29-11-4-12-30-50/h1-45H. The first-order chi connectivity index (χ1) is 34.8. The van der Waals surface area contributed by atoms with E-state index in [2.05, 4.69) is 287 Å². The molecule has 0 aliphatic rings. The molecule has 0 atom stereocenters. The summed E-state index contributed by atoms with van der Waals surface area (Å²) in [5.41, 5.74) is 12.9. The summed E-state index contributed by atoms with van der Waals surface area (Å²) in [6.45, 7) is 0. The summed E-state index contributed by atoms with van der Waals surface area (Å²) in [5, 5.41) is 12.7. The van der Waals surface area contributed by atoms with Crippen molar-refractivity contribution in [2.75, 3.05) is 0 Å². The van der Waals surface area contributed by atoms with Crippen LogP contribution in [0.2, 0.25) is 0 Å². The molecule has 0 spiro atoms. The molecule has 70 heavy (non-hydrogen) atoms. The molecule has 0 amide bonds. The molecular weight excluding hydrogens is 863 g/mol. The normalized spacial score (nSPS) is 12.0. The van der Waals surface area contributed by atoms with E-state index in [0.717, 1.165) is 17.1 Å². The highest BCUT2D eigenvalue weighted by Crippen LogP contribution is 2.42. The zero-order valence-electron chi connectivity index (χ0n) is 38.3. The molecule has 3 aromatic heterocycles.